The number of halogens is 1. The van der Waals surface area contributed by atoms with E-state index in [1.54, 1.807) is 43.1 Å². The van der Waals surface area contributed by atoms with E-state index in [-0.39, 0.29) is 6.04 Å². The van der Waals surface area contributed by atoms with Crippen LogP contribution in [0, 0.1) is 0 Å². The van der Waals surface area contributed by atoms with Gasteiger partial charge in [0, 0.05) is 18.3 Å². The average Bonchev–Trinajstić information content (AvgIpc) is 2.77. The van der Waals surface area contributed by atoms with Gasteiger partial charge in [0.15, 0.2) is 0 Å². The molecule has 0 bridgehead atoms. The summed E-state index contributed by atoms with van der Waals surface area (Å²) in [7, 11) is 0. The van der Waals surface area contributed by atoms with Gasteiger partial charge >= 0.3 is 0 Å². The molecule has 2 aromatic heterocycles. The minimum Gasteiger partial charge on any atom is -0.384 e. The normalized spacial score (nSPS) is 11.9. The molecule has 0 aromatic carbocycles. The van der Waals surface area contributed by atoms with Gasteiger partial charge in [-0.3, -0.25) is 0 Å². The van der Waals surface area contributed by atoms with Crippen LogP contribution >= 0.6 is 11.6 Å². The lowest BCUT2D eigenvalue weighted by Crippen LogP contribution is -2.17. The first kappa shape index (κ1) is 14.8. The van der Waals surface area contributed by atoms with Crippen LogP contribution in [0.4, 0.5) is 5.69 Å². The molecule has 2 aromatic rings. The summed E-state index contributed by atoms with van der Waals surface area (Å²) in [6.07, 6.45) is 3.46. The molecule has 0 unspecified atom stereocenters. The van der Waals surface area contributed by atoms with E-state index in [0.717, 1.165) is 11.4 Å². The van der Waals surface area contributed by atoms with Crippen LogP contribution in [0.25, 0.3) is 5.69 Å². The van der Waals surface area contributed by atoms with Crippen LogP contribution in [-0.4, -0.2) is 25.9 Å². The molecule has 6 heteroatoms. The second kappa shape index (κ2) is 5.42. The number of nitrogens with one attached hydrogen (secondary N) is 1. The van der Waals surface area contributed by atoms with Gasteiger partial charge < -0.3 is 10.4 Å². The molecule has 0 saturated carbocycles. The van der Waals surface area contributed by atoms with Crippen LogP contribution in [0.3, 0.4) is 0 Å². The molecule has 20 heavy (non-hydrogen) atoms. The Morgan fingerprint density at radius 1 is 1.40 bits per heavy atom. The monoisotopic (exact) mass is 294 g/mol. The first-order valence-corrected chi connectivity index (χ1v) is 6.86. The van der Waals surface area contributed by atoms with Crippen molar-refractivity contribution in [1.29, 1.82) is 0 Å². The number of pyridine rings is 1. The largest absolute Gasteiger partial charge is 0.384 e. The van der Waals surface area contributed by atoms with Crippen molar-refractivity contribution in [2.45, 2.75) is 39.3 Å². The zero-order valence-electron chi connectivity index (χ0n) is 12.1. The van der Waals surface area contributed by atoms with Crippen LogP contribution in [0.1, 0.15) is 33.4 Å². The summed E-state index contributed by atoms with van der Waals surface area (Å²) in [4.78, 5) is 4.10. The molecule has 0 saturated heterocycles. The fraction of sp³-hybridized carbons (Fsp3) is 0.429. The Bertz CT molecular complexity index is 601. The Morgan fingerprint density at radius 3 is 2.65 bits per heavy atom. The fourth-order valence-corrected chi connectivity index (χ4v) is 1.97. The summed E-state index contributed by atoms with van der Waals surface area (Å²) in [5.41, 5.74) is 1.27. The highest BCUT2D eigenvalue weighted by molar-refractivity contribution is 6.29. The van der Waals surface area contributed by atoms with Gasteiger partial charge in [0.25, 0.3) is 0 Å². The Hall–Kier alpha value is -1.59. The van der Waals surface area contributed by atoms with E-state index in [1.165, 1.54) is 0 Å². The average molecular weight is 295 g/mol. The van der Waals surface area contributed by atoms with Gasteiger partial charge in [-0.1, -0.05) is 11.6 Å². The van der Waals surface area contributed by atoms with Crippen LogP contribution in [-0.2, 0) is 5.60 Å². The van der Waals surface area contributed by atoms with E-state index in [1.807, 2.05) is 13.8 Å². The second-order valence-corrected chi connectivity index (χ2v) is 5.92. The van der Waals surface area contributed by atoms with Crippen molar-refractivity contribution in [2.24, 2.45) is 0 Å². The predicted molar refractivity (Wildman–Crippen MR) is 80.4 cm³/mol. The van der Waals surface area contributed by atoms with Gasteiger partial charge in [-0.15, -0.1) is 0 Å². The third kappa shape index (κ3) is 3.29. The van der Waals surface area contributed by atoms with E-state index < -0.39 is 5.60 Å². The van der Waals surface area contributed by atoms with Gasteiger partial charge in [0.2, 0.25) is 0 Å². The van der Waals surface area contributed by atoms with Crippen molar-refractivity contribution in [2.75, 3.05) is 5.32 Å². The van der Waals surface area contributed by atoms with Crippen molar-refractivity contribution in [3.63, 3.8) is 0 Å². The second-order valence-electron chi connectivity index (χ2n) is 5.53. The van der Waals surface area contributed by atoms with E-state index in [2.05, 4.69) is 15.4 Å². The molecular formula is C14H19ClN4O. The highest BCUT2D eigenvalue weighted by atomic mass is 35.5. The molecule has 2 heterocycles. The smallest absolute Gasteiger partial charge is 0.131 e. The Kier molecular flexibility index (Phi) is 4.01. The molecule has 0 spiro atoms. The fourth-order valence-electron chi connectivity index (χ4n) is 1.82. The maximum absolute atomic E-state index is 9.98. The van der Waals surface area contributed by atoms with Crippen LogP contribution in [0.15, 0.2) is 24.5 Å². The zero-order chi connectivity index (χ0) is 14.9. The maximum atomic E-state index is 9.98. The number of rotatable bonds is 4. The lowest BCUT2D eigenvalue weighted by molar-refractivity contribution is 0.0734. The lowest BCUT2D eigenvalue weighted by atomic mass is 10.1. The number of aromatic nitrogens is 3. The molecule has 0 radical (unpaired) electrons. The standard InChI is InChI=1S/C14H19ClN4O/c1-9(2)17-10-7-13(15)16-8-11(10)19-6-5-12(18-19)14(3,4)20/h5-9,20H,1-4H3,(H,16,17). The zero-order valence-corrected chi connectivity index (χ0v) is 12.8. The van der Waals surface area contributed by atoms with E-state index in [4.69, 9.17) is 11.6 Å². The molecule has 2 rings (SSSR count). The highest BCUT2D eigenvalue weighted by Crippen LogP contribution is 2.25. The van der Waals surface area contributed by atoms with Crippen molar-refractivity contribution in [1.82, 2.24) is 14.8 Å². The van der Waals surface area contributed by atoms with E-state index in [0.29, 0.717) is 10.8 Å². The van der Waals surface area contributed by atoms with Crippen molar-refractivity contribution in [3.05, 3.63) is 35.4 Å². The summed E-state index contributed by atoms with van der Waals surface area (Å²) >= 11 is 5.94. The summed E-state index contributed by atoms with van der Waals surface area (Å²) in [5, 5.41) is 18.1. The molecule has 0 amide bonds. The first-order valence-electron chi connectivity index (χ1n) is 6.48. The number of anilines is 1. The number of hydrogen-bond acceptors (Lipinski definition) is 4. The topological polar surface area (TPSA) is 63.0 Å². The molecule has 0 fully saturated rings. The molecule has 5 nitrogen and oxygen atoms in total. The van der Waals surface area contributed by atoms with Crippen LogP contribution in [0.5, 0.6) is 0 Å². The predicted octanol–water partition coefficient (Wildman–Crippen LogP) is 2.97. The quantitative estimate of drug-likeness (QED) is 0.851. The Morgan fingerprint density at radius 2 is 2.10 bits per heavy atom. The molecule has 0 atom stereocenters. The molecule has 0 aliphatic rings. The van der Waals surface area contributed by atoms with Crippen molar-refractivity contribution < 1.29 is 5.11 Å². The van der Waals surface area contributed by atoms with Gasteiger partial charge in [-0.05, 0) is 33.8 Å². The van der Waals surface area contributed by atoms with Crippen molar-refractivity contribution >= 4 is 17.3 Å². The van der Waals surface area contributed by atoms with Gasteiger partial charge in [0.1, 0.15) is 16.4 Å². The third-order valence-electron chi connectivity index (χ3n) is 2.76. The van der Waals surface area contributed by atoms with Crippen molar-refractivity contribution in [3.8, 4) is 5.69 Å². The molecule has 2 N–H and O–H groups in total. The summed E-state index contributed by atoms with van der Waals surface area (Å²) in [6, 6.07) is 3.81. The first-order chi connectivity index (χ1) is 9.27. The summed E-state index contributed by atoms with van der Waals surface area (Å²) in [6.45, 7) is 7.49. The SMILES string of the molecule is CC(C)Nc1cc(Cl)ncc1-n1ccc(C(C)(C)O)n1. The highest BCUT2D eigenvalue weighted by Gasteiger charge is 2.20. The van der Waals surface area contributed by atoms with Gasteiger partial charge in [0.05, 0.1) is 17.6 Å². The minimum atomic E-state index is -0.975. The number of hydrogen-bond donors (Lipinski definition) is 2. The molecule has 108 valence electrons. The molecule has 0 aliphatic heterocycles. The van der Waals surface area contributed by atoms with Gasteiger partial charge in [-0.25, -0.2) is 9.67 Å². The summed E-state index contributed by atoms with van der Waals surface area (Å²) in [5.74, 6) is 0. The Balaban J connectivity index is 2.44. The summed E-state index contributed by atoms with van der Waals surface area (Å²) < 4.78 is 1.68. The van der Waals surface area contributed by atoms with Crippen LogP contribution < -0.4 is 5.32 Å². The molecular weight excluding hydrogens is 276 g/mol. The van der Waals surface area contributed by atoms with E-state index >= 15 is 0 Å². The van der Waals surface area contributed by atoms with Gasteiger partial charge in [-0.2, -0.15) is 5.10 Å². The third-order valence-corrected chi connectivity index (χ3v) is 2.96. The number of aliphatic hydroxyl groups is 1. The van der Waals surface area contributed by atoms with E-state index in [9.17, 15) is 5.11 Å². The number of nitrogens with zero attached hydrogens (tertiary/aromatic N) is 3. The maximum Gasteiger partial charge on any atom is 0.131 e. The minimum absolute atomic E-state index is 0.261. The molecule has 0 aliphatic carbocycles. The Labute approximate surface area is 123 Å². The van der Waals surface area contributed by atoms with Crippen LogP contribution in [0.2, 0.25) is 5.15 Å². The lowest BCUT2D eigenvalue weighted by Gasteiger charge is -2.16.